The average Bonchev–Trinajstić information content (AvgIpc) is 2.70. The lowest BCUT2D eigenvalue weighted by Crippen LogP contribution is -2.32. The molecule has 10 nitrogen and oxygen atoms in total. The summed E-state index contributed by atoms with van der Waals surface area (Å²) in [5.74, 6) is 6.62. The van der Waals surface area contributed by atoms with E-state index in [1.165, 1.54) is 10.9 Å². The summed E-state index contributed by atoms with van der Waals surface area (Å²) in [6, 6.07) is -1.06. The van der Waals surface area contributed by atoms with Crippen molar-refractivity contribution in [2.24, 2.45) is 24.5 Å². The molecule has 0 saturated carbocycles. The quantitative estimate of drug-likeness (QED) is 0.219. The largest absolute Gasteiger partial charge is 0.480 e. The molecule has 11 heteroatoms. The normalized spacial score (nSPS) is 11.3. The maximum atomic E-state index is 10.6. The molecule has 1 aromatic rings. The number of carboxylic acid groups (broad SMARTS) is 1. The van der Waals surface area contributed by atoms with E-state index in [0.717, 1.165) is 11.8 Å². The number of nitrogens with two attached hydrogens (primary N) is 3. The molecular weight excluding hydrogens is 264 g/mol. The lowest BCUT2D eigenvalue weighted by Gasteiger charge is -2.05. The summed E-state index contributed by atoms with van der Waals surface area (Å²) >= 11 is 0.998. The second kappa shape index (κ2) is 7.60. The van der Waals surface area contributed by atoms with Gasteiger partial charge in [0.1, 0.15) is 6.04 Å². The number of aryl methyl sites for hydroxylation is 1. The van der Waals surface area contributed by atoms with Crippen molar-refractivity contribution in [2.45, 2.75) is 11.1 Å². The number of aromatic nitrogens is 2. The third-order valence-electron chi connectivity index (χ3n) is 1.75. The Morgan fingerprint density at radius 3 is 2.72 bits per heavy atom. The lowest BCUT2D eigenvalue weighted by atomic mass is 10.4. The number of carbonyl (C=O) groups is 1. The van der Waals surface area contributed by atoms with E-state index < -0.39 is 16.9 Å². The van der Waals surface area contributed by atoms with Crippen LogP contribution >= 0.6 is 11.8 Å². The van der Waals surface area contributed by atoms with Crippen LogP contribution in [0.4, 0.5) is 5.82 Å². The molecule has 0 spiro atoms. The molecule has 0 aliphatic heterocycles. The van der Waals surface area contributed by atoms with E-state index in [-0.39, 0.29) is 11.6 Å². The van der Waals surface area contributed by atoms with Crippen LogP contribution in [-0.4, -0.2) is 37.3 Å². The molecule has 1 aromatic heterocycles. The van der Waals surface area contributed by atoms with Crippen LogP contribution in [-0.2, 0) is 11.8 Å². The number of imidazole rings is 1. The standard InChI is InChI=1S/C7H10N4O4S.H4N2/c1-10-3-9-5(11(14)15)6(10)16-2-4(8)7(12)13;1-2/h3-4H,2,8H2,1H3,(H,12,13);1-2H2. The van der Waals surface area contributed by atoms with Gasteiger partial charge in [0.25, 0.3) is 0 Å². The fraction of sp³-hybridized carbons (Fsp3) is 0.429. The molecule has 7 N–H and O–H groups in total. The lowest BCUT2D eigenvalue weighted by molar-refractivity contribution is -0.392. The van der Waals surface area contributed by atoms with Gasteiger partial charge in [-0.3, -0.25) is 16.5 Å². The Labute approximate surface area is 106 Å². The van der Waals surface area contributed by atoms with E-state index in [9.17, 15) is 14.9 Å². The van der Waals surface area contributed by atoms with Gasteiger partial charge >= 0.3 is 11.8 Å². The molecule has 102 valence electrons. The smallest absolute Gasteiger partial charge is 0.395 e. The Kier molecular flexibility index (Phi) is 6.89. The first-order valence-electron chi connectivity index (χ1n) is 4.53. The Morgan fingerprint density at radius 2 is 2.28 bits per heavy atom. The molecule has 0 bridgehead atoms. The third kappa shape index (κ3) is 4.29. The molecular formula is C7H14N6O4S. The summed E-state index contributed by atoms with van der Waals surface area (Å²) in [6.07, 6.45) is 1.30. The molecule has 1 atom stereocenters. The summed E-state index contributed by atoms with van der Waals surface area (Å²) in [6.45, 7) is 0. The van der Waals surface area contributed by atoms with Gasteiger partial charge in [0.15, 0.2) is 5.03 Å². The van der Waals surface area contributed by atoms with Crippen LogP contribution in [0.1, 0.15) is 0 Å². The number of aliphatic carboxylic acids is 1. The van der Waals surface area contributed by atoms with E-state index in [2.05, 4.69) is 16.7 Å². The zero-order valence-corrected chi connectivity index (χ0v) is 10.3. The summed E-state index contributed by atoms with van der Waals surface area (Å²) in [5.41, 5.74) is 5.29. The number of hydrogen-bond acceptors (Lipinski definition) is 8. The maximum absolute atomic E-state index is 10.6. The summed E-state index contributed by atoms with van der Waals surface area (Å²) in [5, 5.41) is 19.4. The molecule has 0 radical (unpaired) electrons. The highest BCUT2D eigenvalue weighted by molar-refractivity contribution is 7.99. The second-order valence-electron chi connectivity index (χ2n) is 3.00. The molecule has 1 unspecified atom stereocenters. The van der Waals surface area contributed by atoms with Crippen molar-refractivity contribution in [3.05, 3.63) is 16.4 Å². The molecule has 0 amide bonds. The predicted octanol–water partition coefficient (Wildman–Crippen LogP) is -1.35. The van der Waals surface area contributed by atoms with E-state index >= 15 is 0 Å². The highest BCUT2D eigenvalue weighted by Gasteiger charge is 2.22. The van der Waals surface area contributed by atoms with Gasteiger partial charge in [-0.05, 0) is 9.91 Å². The van der Waals surface area contributed by atoms with Crippen LogP contribution < -0.4 is 17.4 Å². The Morgan fingerprint density at radius 1 is 1.72 bits per heavy atom. The zero-order valence-electron chi connectivity index (χ0n) is 9.52. The van der Waals surface area contributed by atoms with Crippen molar-refractivity contribution < 1.29 is 14.8 Å². The number of hydrazine groups is 1. The van der Waals surface area contributed by atoms with E-state index in [0.29, 0.717) is 5.03 Å². The average molecular weight is 278 g/mol. The van der Waals surface area contributed by atoms with Crippen molar-refractivity contribution in [1.82, 2.24) is 9.55 Å². The first-order chi connectivity index (χ1) is 8.43. The van der Waals surface area contributed by atoms with Crippen LogP contribution in [0.3, 0.4) is 0 Å². The van der Waals surface area contributed by atoms with Crippen molar-refractivity contribution >= 4 is 23.5 Å². The van der Waals surface area contributed by atoms with Crippen molar-refractivity contribution in [2.75, 3.05) is 5.75 Å². The minimum atomic E-state index is -1.14. The van der Waals surface area contributed by atoms with Gasteiger partial charge in [-0.15, -0.1) is 0 Å². The van der Waals surface area contributed by atoms with Crippen molar-refractivity contribution in [3.63, 3.8) is 0 Å². The molecule has 1 rings (SSSR count). The monoisotopic (exact) mass is 278 g/mol. The van der Waals surface area contributed by atoms with E-state index in [4.69, 9.17) is 10.8 Å². The molecule has 0 aliphatic carbocycles. The number of nitro groups is 1. The van der Waals surface area contributed by atoms with Gasteiger partial charge in [-0.1, -0.05) is 11.8 Å². The summed E-state index contributed by atoms with van der Waals surface area (Å²) in [7, 11) is 1.59. The number of carboxylic acids is 1. The van der Waals surface area contributed by atoms with Crippen LogP contribution in [0, 0.1) is 10.1 Å². The first kappa shape index (κ1) is 16.3. The minimum Gasteiger partial charge on any atom is -0.480 e. The summed E-state index contributed by atoms with van der Waals surface area (Å²) < 4.78 is 1.46. The van der Waals surface area contributed by atoms with Gasteiger partial charge in [0.05, 0.1) is 0 Å². The molecule has 0 saturated heterocycles. The zero-order chi connectivity index (χ0) is 14.3. The van der Waals surface area contributed by atoms with Crippen LogP contribution in [0.5, 0.6) is 0 Å². The molecule has 18 heavy (non-hydrogen) atoms. The maximum Gasteiger partial charge on any atom is 0.395 e. The SMILES string of the molecule is Cn1cnc([N+](=O)[O-])c1SCC(N)C(=O)O.NN. The molecule has 0 aliphatic rings. The minimum absolute atomic E-state index is 0.0513. The van der Waals surface area contributed by atoms with Crippen LogP contribution in [0.2, 0.25) is 0 Å². The number of thioether (sulfide) groups is 1. The van der Waals surface area contributed by atoms with Gasteiger partial charge < -0.3 is 25.5 Å². The third-order valence-corrected chi connectivity index (χ3v) is 3.02. The van der Waals surface area contributed by atoms with Gasteiger partial charge in [0.2, 0.25) is 6.33 Å². The van der Waals surface area contributed by atoms with Crippen LogP contribution in [0.15, 0.2) is 11.4 Å². The Hall–Kier alpha value is -1.69. The van der Waals surface area contributed by atoms with Crippen molar-refractivity contribution in [1.29, 1.82) is 0 Å². The first-order valence-corrected chi connectivity index (χ1v) is 5.52. The number of rotatable bonds is 5. The Balaban J connectivity index is 0.00000137. The number of nitrogens with zero attached hydrogens (tertiary/aromatic N) is 3. The highest BCUT2D eigenvalue weighted by Crippen LogP contribution is 2.27. The predicted molar refractivity (Wildman–Crippen MR) is 64.6 cm³/mol. The molecule has 0 fully saturated rings. The van der Waals surface area contributed by atoms with Gasteiger partial charge in [-0.2, -0.15) is 0 Å². The highest BCUT2D eigenvalue weighted by atomic mass is 32.2. The number of hydrogen-bond donors (Lipinski definition) is 4. The fourth-order valence-electron chi connectivity index (χ4n) is 0.938. The second-order valence-corrected chi connectivity index (χ2v) is 4.01. The van der Waals surface area contributed by atoms with E-state index in [1.807, 2.05) is 0 Å². The van der Waals surface area contributed by atoms with E-state index in [1.54, 1.807) is 7.05 Å². The topological polar surface area (TPSA) is 176 Å². The molecule has 0 aromatic carbocycles. The van der Waals surface area contributed by atoms with Crippen molar-refractivity contribution in [3.8, 4) is 0 Å². The summed E-state index contributed by atoms with van der Waals surface area (Å²) in [4.78, 5) is 24.0. The van der Waals surface area contributed by atoms with Gasteiger partial charge in [-0.25, -0.2) is 0 Å². The molecule has 1 heterocycles. The Bertz CT molecular complexity index is 422. The fourth-order valence-corrected chi connectivity index (χ4v) is 1.93. The van der Waals surface area contributed by atoms with Gasteiger partial charge in [0, 0.05) is 12.8 Å². The van der Waals surface area contributed by atoms with Crippen LogP contribution in [0.25, 0.3) is 0 Å².